The number of esters is 5. The Labute approximate surface area is 532 Å². The lowest BCUT2D eigenvalue weighted by Gasteiger charge is -2.38. The van der Waals surface area contributed by atoms with Crippen LogP contribution in [0.5, 0.6) is 0 Å². The molecule has 4 unspecified atom stereocenters. The van der Waals surface area contributed by atoms with Crippen LogP contribution in [0, 0.1) is 35.2 Å². The van der Waals surface area contributed by atoms with Gasteiger partial charge in [0.15, 0.2) is 0 Å². The number of carbonyl (C=O) groups is 5. The Morgan fingerprint density at radius 1 is 0.393 bits per heavy atom. The molecule has 0 fully saturated rings. The summed E-state index contributed by atoms with van der Waals surface area (Å²) < 4.78 is 36.7. The fourth-order valence-corrected chi connectivity index (χ4v) is 11.0. The molecule has 5 aromatic rings. The van der Waals surface area contributed by atoms with Gasteiger partial charge in [-0.1, -0.05) is 215 Å². The van der Waals surface area contributed by atoms with Gasteiger partial charge < -0.3 is 28.5 Å². The van der Waals surface area contributed by atoms with E-state index >= 15 is 0 Å². The maximum Gasteiger partial charge on any atom is 0.334 e. The van der Waals surface area contributed by atoms with E-state index in [1.807, 2.05) is 94.4 Å². The third kappa shape index (κ3) is 18.5. The van der Waals surface area contributed by atoms with Gasteiger partial charge in [-0.15, -0.1) is 0 Å². The molecule has 0 heterocycles. The van der Waals surface area contributed by atoms with Crippen LogP contribution in [-0.4, -0.2) is 51.2 Å². The molecule has 0 amide bonds. The van der Waals surface area contributed by atoms with Crippen molar-refractivity contribution in [2.24, 2.45) is 21.7 Å². The van der Waals surface area contributed by atoms with E-state index in [-0.39, 0.29) is 51.5 Å². The van der Waals surface area contributed by atoms with Gasteiger partial charge in [0, 0.05) is 50.9 Å². The highest BCUT2D eigenvalue weighted by Gasteiger charge is 2.55. The second kappa shape index (κ2) is 31.8. The van der Waals surface area contributed by atoms with Crippen molar-refractivity contribution in [1.29, 1.82) is 0 Å². The fraction of sp³-hybridized carbons (Fsp3) is 0.429. The third-order valence-electron chi connectivity index (χ3n) is 17.6. The van der Waals surface area contributed by atoms with Gasteiger partial charge in [-0.25, -0.2) is 25.8 Å². The molecule has 0 saturated carbocycles. The minimum atomic E-state index is -0.584. The summed E-state index contributed by atoms with van der Waals surface area (Å²) in [4.78, 5) is 59.9. The molecule has 0 aliphatic heterocycles. The first-order valence-electron chi connectivity index (χ1n) is 29.8. The minimum absolute atomic E-state index is 0.109. The molecule has 89 heavy (non-hydrogen) atoms. The zero-order valence-electron chi connectivity index (χ0n) is 57.2. The van der Waals surface area contributed by atoms with Gasteiger partial charge in [0.25, 0.3) is 0 Å². The molecule has 9 rings (SSSR count). The molecule has 4 aliphatic rings. The SMILES string of the molecule is C=C(C)C(=O)OC1(C)c2ccccc2CC1(C)C.C=C(C)C(=O)OC1(C)c2ccccc2CC1(C)C.C=C(C)C(=O)OC1(C)c2ccccc2CC1(C)C.C=C(C)C(=O)OC1(C)c2ccccc2CC1(C)C.CF.COC(C)=O.Cc1ccccc1.[C-]#[N+]C. The van der Waals surface area contributed by atoms with Crippen LogP contribution >= 0.6 is 0 Å². The fourth-order valence-electron chi connectivity index (χ4n) is 11.0. The smallest absolute Gasteiger partial charge is 0.334 e. The van der Waals surface area contributed by atoms with Crippen molar-refractivity contribution < 1.29 is 52.0 Å². The van der Waals surface area contributed by atoms with Crippen LogP contribution in [0.1, 0.15) is 168 Å². The van der Waals surface area contributed by atoms with Gasteiger partial charge in [0.1, 0.15) is 22.4 Å². The van der Waals surface area contributed by atoms with Gasteiger partial charge in [0.2, 0.25) is 7.05 Å². The molecule has 12 heteroatoms. The van der Waals surface area contributed by atoms with E-state index in [0.717, 1.165) is 47.9 Å². The van der Waals surface area contributed by atoms with Crippen LogP contribution in [0.25, 0.3) is 4.85 Å². The van der Waals surface area contributed by atoms with Crippen molar-refractivity contribution in [3.05, 3.63) is 237 Å². The van der Waals surface area contributed by atoms with Crippen LogP contribution in [0.4, 0.5) is 4.39 Å². The molecule has 0 spiro atoms. The summed E-state index contributed by atoms with van der Waals surface area (Å²) >= 11 is 0. The van der Waals surface area contributed by atoms with Crippen molar-refractivity contribution in [3.8, 4) is 0 Å². The molecular formula is C77H100FNO10. The average Bonchev–Trinajstić information content (AvgIpc) is 1.67. The number of aryl methyl sites for hydroxylation is 1. The molecule has 11 nitrogen and oxygen atoms in total. The first-order valence-corrected chi connectivity index (χ1v) is 29.8. The van der Waals surface area contributed by atoms with Gasteiger partial charge in [-0.2, -0.15) is 0 Å². The summed E-state index contributed by atoms with van der Waals surface area (Å²) in [6, 6.07) is 43.0. The molecule has 480 valence electrons. The van der Waals surface area contributed by atoms with Crippen molar-refractivity contribution in [1.82, 2.24) is 0 Å². The van der Waals surface area contributed by atoms with Crippen molar-refractivity contribution in [2.45, 2.75) is 173 Å². The van der Waals surface area contributed by atoms with Crippen molar-refractivity contribution in [2.75, 3.05) is 21.3 Å². The second-order valence-corrected chi connectivity index (χ2v) is 26.3. The Hall–Kier alpha value is -8.17. The Morgan fingerprint density at radius 2 is 0.562 bits per heavy atom. The standard InChI is InChI=1S/4C16H20O2.C7H8.C3H6O2.C2H3N.CH3F/c4*1-11(2)14(17)18-16(5)13-9-7-6-8-12(13)10-15(16,3)4;1-7-5-3-2-4-6-7;1-3(4)5-2;1-3-2;1-2/h4*6-9H,1,10H2,2-5H3;2-6H,1H3;1-2H3;1H3;1H3. The lowest BCUT2D eigenvalue weighted by atomic mass is 9.76. The number of rotatable bonds is 8. The topological polar surface area (TPSA) is 136 Å². The van der Waals surface area contributed by atoms with Gasteiger partial charge in [-0.3, -0.25) is 9.18 Å². The second-order valence-electron chi connectivity index (χ2n) is 26.3. The Bertz CT molecular complexity index is 3000. The number of carbonyl (C=O) groups excluding carboxylic acids is 5. The van der Waals surface area contributed by atoms with E-state index in [0.29, 0.717) is 29.5 Å². The summed E-state index contributed by atoms with van der Waals surface area (Å²) in [5, 5.41) is 0. The first-order chi connectivity index (χ1) is 41.2. The summed E-state index contributed by atoms with van der Waals surface area (Å²) in [6.07, 6.45) is 3.68. The predicted octanol–water partition coefficient (Wildman–Crippen LogP) is 17.7. The summed E-state index contributed by atoms with van der Waals surface area (Å²) in [5.74, 6) is -1.51. The van der Waals surface area contributed by atoms with E-state index < -0.39 is 22.4 Å². The molecule has 0 saturated heterocycles. The van der Waals surface area contributed by atoms with Crippen LogP contribution in [0.2, 0.25) is 0 Å². The molecule has 0 aromatic heterocycles. The molecule has 4 aliphatic carbocycles. The predicted molar refractivity (Wildman–Crippen MR) is 357 cm³/mol. The van der Waals surface area contributed by atoms with E-state index in [1.165, 1.54) is 48.9 Å². The molecule has 0 radical (unpaired) electrons. The number of ether oxygens (including phenoxy) is 5. The Kier molecular flexibility index (Phi) is 27.5. The van der Waals surface area contributed by atoms with E-state index in [4.69, 9.17) is 25.5 Å². The van der Waals surface area contributed by atoms with Crippen LogP contribution in [0.3, 0.4) is 0 Å². The van der Waals surface area contributed by atoms with Gasteiger partial charge >= 0.3 is 29.8 Å². The highest BCUT2D eigenvalue weighted by atomic mass is 19.1. The maximum atomic E-state index is 11.9. The number of alkyl halides is 1. The molecule has 4 atom stereocenters. The molecule has 5 aromatic carbocycles. The molecule has 0 N–H and O–H groups in total. The Morgan fingerprint density at radius 3 is 0.708 bits per heavy atom. The lowest BCUT2D eigenvalue weighted by molar-refractivity contribution is -0.167. The summed E-state index contributed by atoms with van der Waals surface area (Å²) in [5.41, 5.74) is 9.83. The highest BCUT2D eigenvalue weighted by molar-refractivity contribution is 5.89. The van der Waals surface area contributed by atoms with Crippen LogP contribution < -0.4 is 0 Å². The number of fused-ring (bicyclic) bond motifs is 4. The van der Waals surface area contributed by atoms with E-state index in [1.54, 1.807) is 27.7 Å². The average molecular weight is 1220 g/mol. The molecular weight excluding hydrogens is 1120 g/mol. The monoisotopic (exact) mass is 1220 g/mol. The van der Waals surface area contributed by atoms with E-state index in [9.17, 15) is 28.4 Å². The Balaban J connectivity index is 0.000000371. The maximum absolute atomic E-state index is 11.9. The van der Waals surface area contributed by atoms with Crippen molar-refractivity contribution >= 4 is 29.8 Å². The summed E-state index contributed by atoms with van der Waals surface area (Å²) in [6.45, 7) is 55.7. The highest BCUT2D eigenvalue weighted by Crippen LogP contribution is 2.55. The summed E-state index contributed by atoms with van der Waals surface area (Å²) in [7, 11) is 3.27. The number of nitrogens with zero attached hydrogens (tertiary/aromatic N) is 1. The zero-order chi connectivity index (χ0) is 68.3. The lowest BCUT2D eigenvalue weighted by Crippen LogP contribution is -2.40. The van der Waals surface area contributed by atoms with Crippen LogP contribution in [0.15, 0.2) is 176 Å². The van der Waals surface area contributed by atoms with E-state index in [2.05, 4.69) is 159 Å². The minimum Gasteiger partial charge on any atom is -0.469 e. The number of hydrogen-bond acceptors (Lipinski definition) is 10. The van der Waals surface area contributed by atoms with Crippen molar-refractivity contribution in [3.63, 3.8) is 0 Å². The quantitative estimate of drug-likeness (QED) is 0.0639. The number of hydrogen-bond donors (Lipinski definition) is 0. The zero-order valence-corrected chi connectivity index (χ0v) is 57.2. The van der Waals surface area contributed by atoms with Gasteiger partial charge in [-0.05, 0) is 133 Å². The first kappa shape index (κ1) is 76.9. The number of halogens is 1. The third-order valence-corrected chi connectivity index (χ3v) is 17.6. The largest absolute Gasteiger partial charge is 0.469 e. The number of benzene rings is 5. The van der Waals surface area contributed by atoms with Gasteiger partial charge in [0.05, 0.1) is 14.3 Å². The normalized spacial score (nSPS) is 21.0. The molecule has 0 bridgehead atoms. The number of methoxy groups -OCH3 is 1. The van der Waals surface area contributed by atoms with Crippen LogP contribution in [-0.2, 0) is 95.7 Å².